The summed E-state index contributed by atoms with van der Waals surface area (Å²) in [5.74, 6) is 2.53. The molecule has 0 spiro atoms. The first-order valence-corrected chi connectivity index (χ1v) is 8.26. The zero-order chi connectivity index (χ0) is 11.8. The van der Waals surface area contributed by atoms with Gasteiger partial charge in [-0.25, -0.2) is 0 Å². The third kappa shape index (κ3) is 5.16. The van der Waals surface area contributed by atoms with E-state index in [4.69, 9.17) is 0 Å². The number of aryl methyl sites for hydroxylation is 1. The lowest BCUT2D eigenvalue weighted by atomic mass is 10.0. The Labute approximate surface area is 110 Å². The first-order chi connectivity index (χ1) is 8.45. The Kier molecular flexibility index (Phi) is 5.98. The van der Waals surface area contributed by atoms with E-state index in [0.717, 1.165) is 0 Å². The molecule has 1 heteroatoms. The van der Waals surface area contributed by atoms with Crippen LogP contribution < -0.4 is 0 Å². The molecule has 2 heterocycles. The molecule has 17 heavy (non-hydrogen) atoms. The maximum atomic E-state index is 2.33. The van der Waals surface area contributed by atoms with E-state index in [1.165, 1.54) is 74.0 Å². The van der Waals surface area contributed by atoms with E-state index in [9.17, 15) is 0 Å². The Bertz CT molecular complexity index is 271. The standard InChI is InChI=1S/C16H24S/c1-2-4-6-8-15-9-11-16(12-10-15)14-17-13-7-5-3-1/h9-12H,1-8,13-14H2. The molecular weight excluding hydrogens is 224 g/mol. The van der Waals surface area contributed by atoms with Crippen LogP contribution in [0.2, 0.25) is 0 Å². The zero-order valence-corrected chi connectivity index (χ0v) is 11.6. The summed E-state index contributed by atoms with van der Waals surface area (Å²) in [6.45, 7) is 0. The van der Waals surface area contributed by atoms with Crippen molar-refractivity contribution in [1.82, 2.24) is 0 Å². The van der Waals surface area contributed by atoms with E-state index < -0.39 is 0 Å². The summed E-state index contributed by atoms with van der Waals surface area (Å²) < 4.78 is 0. The monoisotopic (exact) mass is 248 g/mol. The van der Waals surface area contributed by atoms with E-state index in [1.807, 2.05) is 0 Å². The lowest BCUT2D eigenvalue weighted by Crippen LogP contribution is -1.87. The van der Waals surface area contributed by atoms with Crippen molar-refractivity contribution < 1.29 is 0 Å². The van der Waals surface area contributed by atoms with Gasteiger partial charge in [0, 0.05) is 5.75 Å². The first kappa shape index (κ1) is 13.0. The van der Waals surface area contributed by atoms with Crippen molar-refractivity contribution in [2.45, 2.75) is 57.1 Å². The van der Waals surface area contributed by atoms with Crippen LogP contribution in [0.5, 0.6) is 0 Å². The molecule has 0 saturated carbocycles. The molecule has 3 rings (SSSR count). The van der Waals surface area contributed by atoms with Gasteiger partial charge in [0.1, 0.15) is 0 Å². The van der Waals surface area contributed by atoms with Crippen molar-refractivity contribution in [2.24, 2.45) is 0 Å². The van der Waals surface area contributed by atoms with Gasteiger partial charge in [-0.15, -0.1) is 0 Å². The SMILES string of the molecule is c1cc2ccc1CCCCCCCCCSC2. The van der Waals surface area contributed by atoms with Gasteiger partial charge in [-0.1, -0.05) is 56.4 Å². The Morgan fingerprint density at radius 3 is 2.00 bits per heavy atom. The highest BCUT2D eigenvalue weighted by molar-refractivity contribution is 7.98. The molecule has 0 fully saturated rings. The second-order valence-electron chi connectivity index (χ2n) is 5.09. The summed E-state index contributed by atoms with van der Waals surface area (Å²) in [4.78, 5) is 0. The molecule has 1 aromatic rings. The Hall–Kier alpha value is -0.430. The predicted molar refractivity (Wildman–Crippen MR) is 78.6 cm³/mol. The van der Waals surface area contributed by atoms with Crippen molar-refractivity contribution >= 4 is 11.8 Å². The van der Waals surface area contributed by atoms with E-state index >= 15 is 0 Å². The van der Waals surface area contributed by atoms with Crippen LogP contribution in [0.25, 0.3) is 0 Å². The molecule has 0 unspecified atom stereocenters. The normalized spacial score (nSPS) is 19.5. The van der Waals surface area contributed by atoms with Crippen LogP contribution in [0.4, 0.5) is 0 Å². The topological polar surface area (TPSA) is 0 Å². The summed E-state index contributed by atoms with van der Waals surface area (Å²) in [5.41, 5.74) is 3.02. The maximum absolute atomic E-state index is 2.33. The number of benzene rings is 1. The third-order valence-electron chi connectivity index (χ3n) is 3.55. The average Bonchev–Trinajstić information content (AvgIpc) is 2.38. The summed E-state index contributed by atoms with van der Waals surface area (Å²) in [7, 11) is 0. The van der Waals surface area contributed by atoms with Gasteiger partial charge < -0.3 is 0 Å². The number of fused-ring (bicyclic) bond motifs is 12. The fourth-order valence-electron chi connectivity index (χ4n) is 2.41. The summed E-state index contributed by atoms with van der Waals surface area (Å²) in [6, 6.07) is 9.30. The largest absolute Gasteiger partial charge is 0.157 e. The molecule has 0 amide bonds. The van der Waals surface area contributed by atoms with Gasteiger partial charge in [-0.2, -0.15) is 11.8 Å². The predicted octanol–water partition coefficient (Wildman–Crippen LogP) is 5.21. The summed E-state index contributed by atoms with van der Waals surface area (Å²) >= 11 is 2.09. The molecule has 2 aliphatic rings. The molecular formula is C16H24S. The number of hydrogen-bond donors (Lipinski definition) is 0. The third-order valence-corrected chi connectivity index (χ3v) is 4.66. The van der Waals surface area contributed by atoms with Crippen LogP contribution in [0, 0.1) is 0 Å². The lowest BCUT2D eigenvalue weighted by Gasteiger charge is -2.03. The molecule has 0 N–H and O–H groups in total. The minimum Gasteiger partial charge on any atom is -0.157 e. The molecule has 0 atom stereocenters. The highest BCUT2D eigenvalue weighted by Gasteiger charge is 1.99. The minimum absolute atomic E-state index is 1.19. The van der Waals surface area contributed by atoms with Crippen LogP contribution >= 0.6 is 11.8 Å². The summed E-state index contributed by atoms with van der Waals surface area (Å²) in [6.07, 6.45) is 11.2. The number of hydrogen-bond acceptors (Lipinski definition) is 1. The van der Waals surface area contributed by atoms with Crippen molar-refractivity contribution in [1.29, 1.82) is 0 Å². The van der Waals surface area contributed by atoms with Crippen LogP contribution in [0.3, 0.4) is 0 Å². The molecule has 0 saturated heterocycles. The number of rotatable bonds is 0. The molecule has 0 aliphatic carbocycles. The van der Waals surface area contributed by atoms with Gasteiger partial charge >= 0.3 is 0 Å². The van der Waals surface area contributed by atoms with Gasteiger partial charge in [-0.3, -0.25) is 0 Å². The van der Waals surface area contributed by atoms with E-state index in [-0.39, 0.29) is 0 Å². The molecule has 2 bridgehead atoms. The van der Waals surface area contributed by atoms with Gasteiger partial charge in [0.25, 0.3) is 0 Å². The van der Waals surface area contributed by atoms with E-state index in [1.54, 1.807) is 0 Å². The van der Waals surface area contributed by atoms with Crippen LogP contribution in [0.1, 0.15) is 56.1 Å². The second kappa shape index (κ2) is 7.81. The van der Waals surface area contributed by atoms with Gasteiger partial charge in [0.2, 0.25) is 0 Å². The lowest BCUT2D eigenvalue weighted by molar-refractivity contribution is 0.591. The molecule has 0 radical (unpaired) electrons. The summed E-state index contributed by atoms with van der Waals surface area (Å²) in [5, 5.41) is 0. The first-order valence-electron chi connectivity index (χ1n) is 7.11. The van der Waals surface area contributed by atoms with Crippen molar-refractivity contribution in [3.05, 3.63) is 35.4 Å². The fourth-order valence-corrected chi connectivity index (χ4v) is 3.39. The minimum atomic E-state index is 1.19. The Morgan fingerprint density at radius 1 is 0.647 bits per heavy atom. The molecule has 94 valence electrons. The highest BCUT2D eigenvalue weighted by atomic mass is 32.2. The Balaban J connectivity index is 1.88. The highest BCUT2D eigenvalue weighted by Crippen LogP contribution is 2.18. The van der Waals surface area contributed by atoms with Crippen LogP contribution in [0.15, 0.2) is 24.3 Å². The van der Waals surface area contributed by atoms with Crippen LogP contribution in [-0.2, 0) is 12.2 Å². The smallest absolute Gasteiger partial charge is 0.0184 e. The number of thioether (sulfide) groups is 1. The van der Waals surface area contributed by atoms with Crippen molar-refractivity contribution in [3.63, 3.8) is 0 Å². The van der Waals surface area contributed by atoms with Gasteiger partial charge in [0.15, 0.2) is 0 Å². The average molecular weight is 248 g/mol. The molecule has 0 nitrogen and oxygen atoms in total. The Morgan fingerprint density at radius 2 is 1.24 bits per heavy atom. The van der Waals surface area contributed by atoms with Crippen LogP contribution in [-0.4, -0.2) is 5.75 Å². The van der Waals surface area contributed by atoms with Crippen molar-refractivity contribution in [3.8, 4) is 0 Å². The molecule has 2 aliphatic heterocycles. The molecule has 1 aromatic carbocycles. The maximum Gasteiger partial charge on any atom is 0.0184 e. The van der Waals surface area contributed by atoms with Gasteiger partial charge in [0.05, 0.1) is 0 Å². The van der Waals surface area contributed by atoms with Crippen molar-refractivity contribution in [2.75, 3.05) is 5.75 Å². The fraction of sp³-hybridized carbons (Fsp3) is 0.625. The zero-order valence-electron chi connectivity index (χ0n) is 10.8. The van der Waals surface area contributed by atoms with E-state index in [0.29, 0.717) is 0 Å². The second-order valence-corrected chi connectivity index (χ2v) is 6.20. The van der Waals surface area contributed by atoms with E-state index in [2.05, 4.69) is 36.0 Å². The quantitative estimate of drug-likeness (QED) is 0.607. The molecule has 0 aromatic heterocycles. The van der Waals surface area contributed by atoms with Gasteiger partial charge in [-0.05, 0) is 36.1 Å².